The average Bonchev–Trinajstić information content (AvgIpc) is 3.23. The Morgan fingerprint density at radius 1 is 1.48 bits per heavy atom. The lowest BCUT2D eigenvalue weighted by atomic mass is 10.2. The lowest BCUT2D eigenvalue weighted by molar-refractivity contribution is 0.117. The Morgan fingerprint density at radius 2 is 2.32 bits per heavy atom. The van der Waals surface area contributed by atoms with Crippen LogP contribution in [0.25, 0.3) is 0 Å². The largest absolute Gasteiger partial charge is 0.469 e. The van der Waals surface area contributed by atoms with Gasteiger partial charge in [0.25, 0.3) is 0 Å². The molecule has 8 heteroatoms. The Labute approximate surface area is 150 Å². The van der Waals surface area contributed by atoms with E-state index in [1.807, 2.05) is 19.1 Å². The van der Waals surface area contributed by atoms with Crippen LogP contribution in [0.4, 0.5) is 0 Å². The Hall–Kier alpha value is -1.54. The van der Waals surface area contributed by atoms with Gasteiger partial charge in [0, 0.05) is 31.9 Å². The van der Waals surface area contributed by atoms with E-state index in [0.29, 0.717) is 25.5 Å². The standard InChI is InChI=1S/C17H29N3O4S/c1-14(8-12-25(2,21)22)20-17(19-13-16-6-4-11-24-16)18-9-7-15-5-3-10-23-15/h3,5,10,14,16H,4,6-9,11-13H2,1-2H3,(H2,18,19,20). The van der Waals surface area contributed by atoms with Crippen molar-refractivity contribution in [1.29, 1.82) is 0 Å². The molecule has 1 saturated heterocycles. The summed E-state index contributed by atoms with van der Waals surface area (Å²) >= 11 is 0. The van der Waals surface area contributed by atoms with Crippen LogP contribution in [-0.2, 0) is 21.0 Å². The van der Waals surface area contributed by atoms with E-state index >= 15 is 0 Å². The minimum Gasteiger partial charge on any atom is -0.469 e. The van der Waals surface area contributed by atoms with Gasteiger partial charge in [-0.25, -0.2) is 8.42 Å². The second kappa shape index (κ2) is 9.82. The van der Waals surface area contributed by atoms with Gasteiger partial charge in [-0.05, 0) is 38.3 Å². The zero-order valence-corrected chi connectivity index (χ0v) is 15.8. The third-order valence-corrected chi connectivity index (χ3v) is 5.00. The molecule has 2 atom stereocenters. The van der Waals surface area contributed by atoms with Gasteiger partial charge in [-0.2, -0.15) is 0 Å². The van der Waals surface area contributed by atoms with Crippen LogP contribution in [0.2, 0.25) is 0 Å². The van der Waals surface area contributed by atoms with Gasteiger partial charge in [0.05, 0.1) is 24.7 Å². The average molecular weight is 372 g/mol. The summed E-state index contributed by atoms with van der Waals surface area (Å²) in [6.07, 6.45) is 6.51. The zero-order chi connectivity index (χ0) is 18.1. The van der Waals surface area contributed by atoms with E-state index in [1.165, 1.54) is 6.26 Å². The molecule has 0 amide bonds. The number of nitrogens with one attached hydrogen (secondary N) is 2. The molecule has 1 fully saturated rings. The van der Waals surface area contributed by atoms with Crippen molar-refractivity contribution in [3.8, 4) is 0 Å². The SMILES string of the molecule is CC(CCS(C)(=O)=O)NC(=NCC1CCCO1)NCCc1ccco1. The Kier molecular flexibility index (Phi) is 7.77. The summed E-state index contributed by atoms with van der Waals surface area (Å²) in [6, 6.07) is 3.81. The number of furan rings is 1. The van der Waals surface area contributed by atoms with Gasteiger partial charge in [-0.1, -0.05) is 0 Å². The molecule has 0 aliphatic carbocycles. The molecule has 0 radical (unpaired) electrons. The van der Waals surface area contributed by atoms with E-state index in [4.69, 9.17) is 9.15 Å². The van der Waals surface area contributed by atoms with Crippen molar-refractivity contribution >= 4 is 15.8 Å². The van der Waals surface area contributed by atoms with Crippen LogP contribution in [0.5, 0.6) is 0 Å². The highest BCUT2D eigenvalue weighted by Crippen LogP contribution is 2.11. The predicted octanol–water partition coefficient (Wildman–Crippen LogP) is 1.36. The number of ether oxygens (including phenoxy) is 1. The van der Waals surface area contributed by atoms with E-state index in [0.717, 1.165) is 31.6 Å². The summed E-state index contributed by atoms with van der Waals surface area (Å²) in [7, 11) is -2.96. The van der Waals surface area contributed by atoms with E-state index < -0.39 is 9.84 Å². The van der Waals surface area contributed by atoms with Crippen LogP contribution in [0, 0.1) is 0 Å². The minimum absolute atomic E-state index is 0.00841. The number of nitrogens with zero attached hydrogens (tertiary/aromatic N) is 1. The molecule has 2 unspecified atom stereocenters. The summed E-state index contributed by atoms with van der Waals surface area (Å²) in [5, 5.41) is 6.57. The first-order valence-corrected chi connectivity index (χ1v) is 10.8. The van der Waals surface area contributed by atoms with Crippen molar-refractivity contribution < 1.29 is 17.6 Å². The molecule has 7 nitrogen and oxygen atoms in total. The summed E-state index contributed by atoms with van der Waals surface area (Å²) in [6.45, 7) is 4.05. The van der Waals surface area contributed by atoms with Crippen LogP contribution in [0.1, 0.15) is 31.9 Å². The zero-order valence-electron chi connectivity index (χ0n) is 15.0. The molecule has 2 rings (SSSR count). The third kappa shape index (κ3) is 8.40. The second-order valence-corrected chi connectivity index (χ2v) is 8.80. The van der Waals surface area contributed by atoms with Crippen LogP contribution in [0.15, 0.2) is 27.8 Å². The van der Waals surface area contributed by atoms with E-state index in [2.05, 4.69) is 15.6 Å². The molecule has 1 aliphatic heterocycles. The van der Waals surface area contributed by atoms with Gasteiger partial charge >= 0.3 is 0 Å². The number of sulfone groups is 1. The topological polar surface area (TPSA) is 92.9 Å². The van der Waals surface area contributed by atoms with Crippen molar-refractivity contribution in [2.24, 2.45) is 4.99 Å². The van der Waals surface area contributed by atoms with Crippen molar-refractivity contribution in [1.82, 2.24) is 10.6 Å². The Bertz CT molecular complexity index is 622. The molecule has 1 aromatic heterocycles. The van der Waals surface area contributed by atoms with Crippen molar-refractivity contribution in [2.75, 3.05) is 31.7 Å². The fraction of sp³-hybridized carbons (Fsp3) is 0.706. The van der Waals surface area contributed by atoms with Gasteiger partial charge in [-0.3, -0.25) is 4.99 Å². The summed E-state index contributed by atoms with van der Waals surface area (Å²) < 4.78 is 33.6. The first-order valence-electron chi connectivity index (χ1n) is 8.79. The van der Waals surface area contributed by atoms with Gasteiger partial charge in [0.1, 0.15) is 15.6 Å². The molecule has 2 heterocycles. The van der Waals surface area contributed by atoms with Crippen molar-refractivity contribution in [3.05, 3.63) is 24.2 Å². The van der Waals surface area contributed by atoms with Gasteiger partial charge in [0.15, 0.2) is 5.96 Å². The molecule has 2 N–H and O–H groups in total. The molecule has 25 heavy (non-hydrogen) atoms. The Morgan fingerprint density at radius 3 is 2.96 bits per heavy atom. The number of hydrogen-bond acceptors (Lipinski definition) is 5. The molecule has 0 bridgehead atoms. The molecule has 142 valence electrons. The molecule has 0 spiro atoms. The van der Waals surface area contributed by atoms with Crippen molar-refractivity contribution in [3.63, 3.8) is 0 Å². The second-order valence-electron chi connectivity index (χ2n) is 6.54. The molecule has 1 aromatic rings. The third-order valence-electron chi connectivity index (χ3n) is 4.03. The number of hydrogen-bond donors (Lipinski definition) is 2. The number of rotatable bonds is 9. The van der Waals surface area contributed by atoms with Crippen LogP contribution in [0.3, 0.4) is 0 Å². The monoisotopic (exact) mass is 371 g/mol. The summed E-state index contributed by atoms with van der Waals surface area (Å²) in [5.41, 5.74) is 0. The molecular formula is C17H29N3O4S. The Balaban J connectivity index is 1.84. The normalized spacial score (nSPS) is 19.8. The first kappa shape index (κ1) is 19.8. The van der Waals surface area contributed by atoms with E-state index in [1.54, 1.807) is 6.26 Å². The predicted molar refractivity (Wildman–Crippen MR) is 98.6 cm³/mol. The van der Waals surface area contributed by atoms with Gasteiger partial charge in [0.2, 0.25) is 0 Å². The minimum atomic E-state index is -2.96. The van der Waals surface area contributed by atoms with Crippen LogP contribution >= 0.6 is 0 Å². The maximum absolute atomic E-state index is 11.3. The maximum atomic E-state index is 11.3. The lowest BCUT2D eigenvalue weighted by Gasteiger charge is -2.18. The highest BCUT2D eigenvalue weighted by molar-refractivity contribution is 7.90. The van der Waals surface area contributed by atoms with Crippen LogP contribution in [-0.4, -0.2) is 58.2 Å². The fourth-order valence-electron chi connectivity index (χ4n) is 2.59. The van der Waals surface area contributed by atoms with Crippen molar-refractivity contribution in [2.45, 2.75) is 44.8 Å². The van der Waals surface area contributed by atoms with E-state index in [-0.39, 0.29) is 17.9 Å². The highest BCUT2D eigenvalue weighted by atomic mass is 32.2. The molecule has 1 aliphatic rings. The molecular weight excluding hydrogens is 342 g/mol. The maximum Gasteiger partial charge on any atom is 0.191 e. The summed E-state index contributed by atoms with van der Waals surface area (Å²) in [4.78, 5) is 4.60. The number of aliphatic imine (C=N–C) groups is 1. The lowest BCUT2D eigenvalue weighted by Crippen LogP contribution is -2.44. The van der Waals surface area contributed by atoms with E-state index in [9.17, 15) is 8.42 Å². The first-order chi connectivity index (χ1) is 11.9. The quantitative estimate of drug-likeness (QED) is 0.503. The highest BCUT2D eigenvalue weighted by Gasteiger charge is 2.16. The fourth-order valence-corrected chi connectivity index (χ4v) is 3.37. The van der Waals surface area contributed by atoms with Crippen LogP contribution < -0.4 is 10.6 Å². The smallest absolute Gasteiger partial charge is 0.191 e. The van der Waals surface area contributed by atoms with Gasteiger partial charge < -0.3 is 19.8 Å². The van der Waals surface area contributed by atoms with Gasteiger partial charge in [-0.15, -0.1) is 0 Å². The number of guanidine groups is 1. The summed E-state index contributed by atoms with van der Waals surface area (Å²) in [5.74, 6) is 1.76. The molecule has 0 saturated carbocycles. The molecule has 0 aromatic carbocycles.